The van der Waals surface area contributed by atoms with Crippen molar-refractivity contribution in [3.05, 3.63) is 29.8 Å². The quantitative estimate of drug-likeness (QED) is 0.729. The Morgan fingerprint density at radius 3 is 2.89 bits per heavy atom. The van der Waals surface area contributed by atoms with Crippen LogP contribution in [0.2, 0.25) is 0 Å². The Kier molecular flexibility index (Phi) is 6.07. The van der Waals surface area contributed by atoms with E-state index in [-0.39, 0.29) is 18.1 Å². The lowest BCUT2D eigenvalue weighted by Gasteiger charge is -2.08. The van der Waals surface area contributed by atoms with E-state index in [0.29, 0.717) is 19.6 Å². The molecule has 0 atom stereocenters. The summed E-state index contributed by atoms with van der Waals surface area (Å²) in [6, 6.07) is 3.03. The van der Waals surface area contributed by atoms with Gasteiger partial charge in [0.1, 0.15) is 11.6 Å². The van der Waals surface area contributed by atoms with Crippen LogP contribution in [0, 0.1) is 11.6 Å². The molecule has 18 heavy (non-hydrogen) atoms. The van der Waals surface area contributed by atoms with Gasteiger partial charge in [0.25, 0.3) is 0 Å². The van der Waals surface area contributed by atoms with Crippen LogP contribution in [-0.2, 0) is 9.53 Å². The number of ether oxygens (including phenoxy) is 1. The summed E-state index contributed by atoms with van der Waals surface area (Å²) in [6.45, 7) is 0.944. The minimum absolute atomic E-state index is 0.0259. The molecule has 2 N–H and O–H groups in total. The summed E-state index contributed by atoms with van der Waals surface area (Å²) in [7, 11) is 1.58. The Labute approximate surface area is 104 Å². The zero-order valence-corrected chi connectivity index (χ0v) is 10.1. The first-order chi connectivity index (χ1) is 8.63. The summed E-state index contributed by atoms with van der Waals surface area (Å²) in [5.74, 6) is -1.43. The molecule has 0 aliphatic rings. The predicted octanol–water partition coefficient (Wildman–Crippen LogP) is 1.53. The third-order valence-electron chi connectivity index (χ3n) is 2.22. The Balaban J connectivity index is 2.31. The first kappa shape index (κ1) is 14.4. The zero-order valence-electron chi connectivity index (χ0n) is 10.1. The number of hydrogen-bond acceptors (Lipinski definition) is 3. The molecule has 1 aromatic carbocycles. The number of anilines is 1. The largest absolute Gasteiger partial charge is 0.385 e. The molecule has 0 spiro atoms. The molecule has 0 saturated heterocycles. The highest BCUT2D eigenvalue weighted by Gasteiger charge is 2.05. The average Bonchev–Trinajstić information content (AvgIpc) is 2.36. The Morgan fingerprint density at radius 1 is 1.39 bits per heavy atom. The van der Waals surface area contributed by atoms with Gasteiger partial charge in [-0.15, -0.1) is 0 Å². The second kappa shape index (κ2) is 7.60. The van der Waals surface area contributed by atoms with E-state index in [0.717, 1.165) is 18.2 Å². The molecule has 0 aliphatic heterocycles. The zero-order chi connectivity index (χ0) is 13.4. The van der Waals surface area contributed by atoms with Gasteiger partial charge in [0.15, 0.2) is 0 Å². The van der Waals surface area contributed by atoms with E-state index >= 15 is 0 Å². The highest BCUT2D eigenvalue weighted by atomic mass is 19.1. The number of rotatable bonds is 7. The van der Waals surface area contributed by atoms with Crippen LogP contribution in [0.5, 0.6) is 0 Å². The summed E-state index contributed by atoms with van der Waals surface area (Å²) < 4.78 is 30.9. The minimum Gasteiger partial charge on any atom is -0.385 e. The molecule has 0 aliphatic carbocycles. The SMILES string of the molecule is COCCCNC(=O)CNc1cc(F)ccc1F. The summed E-state index contributed by atoms with van der Waals surface area (Å²) in [5, 5.41) is 5.16. The van der Waals surface area contributed by atoms with Crippen molar-refractivity contribution in [3.8, 4) is 0 Å². The third kappa shape index (κ3) is 5.09. The Morgan fingerprint density at radius 2 is 2.17 bits per heavy atom. The van der Waals surface area contributed by atoms with E-state index in [1.807, 2.05) is 0 Å². The van der Waals surface area contributed by atoms with Crippen molar-refractivity contribution in [1.82, 2.24) is 5.32 Å². The van der Waals surface area contributed by atoms with Gasteiger partial charge in [0, 0.05) is 20.3 Å². The van der Waals surface area contributed by atoms with Crippen molar-refractivity contribution in [2.75, 3.05) is 32.1 Å². The number of carbonyl (C=O) groups is 1. The van der Waals surface area contributed by atoms with E-state index in [1.54, 1.807) is 7.11 Å². The number of amides is 1. The van der Waals surface area contributed by atoms with Crippen molar-refractivity contribution in [3.63, 3.8) is 0 Å². The van der Waals surface area contributed by atoms with Crippen LogP contribution in [0.15, 0.2) is 18.2 Å². The van der Waals surface area contributed by atoms with Crippen LogP contribution in [-0.4, -0.2) is 32.7 Å². The van der Waals surface area contributed by atoms with Crippen LogP contribution in [0.25, 0.3) is 0 Å². The van der Waals surface area contributed by atoms with Gasteiger partial charge in [-0.1, -0.05) is 0 Å². The molecule has 0 aromatic heterocycles. The van der Waals surface area contributed by atoms with Gasteiger partial charge in [-0.25, -0.2) is 8.78 Å². The highest BCUT2D eigenvalue weighted by molar-refractivity contribution is 5.80. The fourth-order valence-electron chi connectivity index (χ4n) is 1.32. The van der Waals surface area contributed by atoms with Crippen molar-refractivity contribution in [1.29, 1.82) is 0 Å². The standard InChI is InChI=1S/C12H16F2N2O2/c1-18-6-2-5-15-12(17)8-16-11-7-9(13)3-4-10(11)14/h3-4,7,16H,2,5-6,8H2,1H3,(H,15,17). The molecule has 1 amide bonds. The van der Waals surface area contributed by atoms with E-state index in [4.69, 9.17) is 4.74 Å². The van der Waals surface area contributed by atoms with Gasteiger partial charge in [-0.3, -0.25) is 4.79 Å². The minimum atomic E-state index is -0.594. The van der Waals surface area contributed by atoms with Gasteiger partial charge >= 0.3 is 0 Å². The maximum absolute atomic E-state index is 13.2. The lowest BCUT2D eigenvalue weighted by atomic mass is 10.3. The molecule has 0 fully saturated rings. The van der Waals surface area contributed by atoms with Gasteiger partial charge in [-0.05, 0) is 24.6 Å². The molecule has 0 saturated carbocycles. The number of hydrogen-bond donors (Lipinski definition) is 2. The summed E-state index contributed by atoms with van der Waals surface area (Å²) in [6.07, 6.45) is 0.705. The fraction of sp³-hybridized carbons (Fsp3) is 0.417. The fourth-order valence-corrected chi connectivity index (χ4v) is 1.32. The van der Waals surface area contributed by atoms with Crippen molar-refractivity contribution in [2.45, 2.75) is 6.42 Å². The second-order valence-corrected chi connectivity index (χ2v) is 3.67. The summed E-state index contributed by atoms with van der Waals surface area (Å²) in [4.78, 5) is 11.3. The van der Waals surface area contributed by atoms with Gasteiger partial charge in [0.2, 0.25) is 5.91 Å². The average molecular weight is 258 g/mol. The lowest BCUT2D eigenvalue weighted by Crippen LogP contribution is -2.31. The molecule has 1 aromatic rings. The van der Waals surface area contributed by atoms with Crippen LogP contribution in [0.4, 0.5) is 14.5 Å². The lowest BCUT2D eigenvalue weighted by molar-refractivity contribution is -0.119. The van der Waals surface area contributed by atoms with Crippen molar-refractivity contribution < 1.29 is 18.3 Å². The Hall–Kier alpha value is -1.69. The molecule has 100 valence electrons. The van der Waals surface area contributed by atoms with Crippen LogP contribution in [0.3, 0.4) is 0 Å². The Bertz CT molecular complexity index is 400. The first-order valence-corrected chi connectivity index (χ1v) is 5.58. The topological polar surface area (TPSA) is 50.4 Å². The smallest absolute Gasteiger partial charge is 0.239 e. The van der Waals surface area contributed by atoms with E-state index < -0.39 is 11.6 Å². The number of methoxy groups -OCH3 is 1. The highest BCUT2D eigenvalue weighted by Crippen LogP contribution is 2.14. The predicted molar refractivity (Wildman–Crippen MR) is 64.4 cm³/mol. The first-order valence-electron chi connectivity index (χ1n) is 5.58. The number of benzene rings is 1. The van der Waals surface area contributed by atoms with Gasteiger partial charge in [0.05, 0.1) is 12.2 Å². The van der Waals surface area contributed by atoms with Crippen LogP contribution in [0.1, 0.15) is 6.42 Å². The summed E-state index contributed by atoms with van der Waals surface area (Å²) in [5.41, 5.74) is -0.0259. The molecule has 0 heterocycles. The normalized spacial score (nSPS) is 10.2. The molecule has 6 heteroatoms. The molecule has 0 bridgehead atoms. The number of halogens is 2. The number of carbonyl (C=O) groups excluding carboxylic acids is 1. The molecule has 0 radical (unpaired) electrons. The molecule has 4 nitrogen and oxygen atoms in total. The van der Waals surface area contributed by atoms with Gasteiger partial charge < -0.3 is 15.4 Å². The maximum Gasteiger partial charge on any atom is 0.239 e. The van der Waals surface area contributed by atoms with Crippen molar-refractivity contribution >= 4 is 11.6 Å². The molecular weight excluding hydrogens is 242 g/mol. The third-order valence-corrected chi connectivity index (χ3v) is 2.22. The van der Waals surface area contributed by atoms with Gasteiger partial charge in [-0.2, -0.15) is 0 Å². The van der Waals surface area contributed by atoms with Crippen LogP contribution < -0.4 is 10.6 Å². The molecule has 0 unspecified atom stereocenters. The summed E-state index contributed by atoms with van der Waals surface area (Å²) >= 11 is 0. The molecule has 1 rings (SSSR count). The molecular formula is C12H16F2N2O2. The van der Waals surface area contributed by atoms with E-state index in [1.165, 1.54) is 0 Å². The number of nitrogens with one attached hydrogen (secondary N) is 2. The second-order valence-electron chi connectivity index (χ2n) is 3.67. The van der Waals surface area contributed by atoms with Crippen LogP contribution >= 0.6 is 0 Å². The monoisotopic (exact) mass is 258 g/mol. The maximum atomic E-state index is 13.2. The van der Waals surface area contributed by atoms with E-state index in [9.17, 15) is 13.6 Å². The van der Waals surface area contributed by atoms with Crippen molar-refractivity contribution in [2.24, 2.45) is 0 Å². The van der Waals surface area contributed by atoms with E-state index in [2.05, 4.69) is 10.6 Å².